The number of aryl methyl sites for hydroxylation is 1. The number of para-hydroxylation sites is 1. The molecule has 144 valence electrons. The molecule has 3 amide bonds. The van der Waals surface area contributed by atoms with Crippen molar-refractivity contribution >= 4 is 17.6 Å². The molecule has 2 aromatic rings. The Balaban J connectivity index is 1.92. The van der Waals surface area contributed by atoms with E-state index in [-0.39, 0.29) is 18.0 Å². The molecule has 6 nitrogen and oxygen atoms in total. The number of anilines is 1. The summed E-state index contributed by atoms with van der Waals surface area (Å²) in [5, 5.41) is 15.3. The molecule has 0 aliphatic rings. The van der Waals surface area contributed by atoms with Gasteiger partial charge in [0.25, 0.3) is 0 Å². The van der Waals surface area contributed by atoms with Crippen LogP contribution >= 0.6 is 0 Å². The minimum absolute atomic E-state index is 0.00210. The number of urea groups is 1. The van der Waals surface area contributed by atoms with Crippen molar-refractivity contribution in [3.63, 3.8) is 0 Å². The molecule has 0 fully saturated rings. The molecule has 2 rings (SSSR count). The van der Waals surface area contributed by atoms with Crippen molar-refractivity contribution in [2.45, 2.75) is 18.9 Å². The molecular formula is C20H24FN3O3. The second-order valence-electron chi connectivity index (χ2n) is 6.32. The molecule has 0 spiro atoms. The minimum atomic E-state index is -1.15. The molecule has 0 saturated carbocycles. The highest BCUT2D eigenvalue weighted by atomic mass is 19.1. The zero-order valence-corrected chi connectivity index (χ0v) is 15.4. The van der Waals surface area contributed by atoms with E-state index >= 15 is 0 Å². The van der Waals surface area contributed by atoms with Crippen LogP contribution in [0.4, 0.5) is 14.9 Å². The Labute approximate surface area is 158 Å². The summed E-state index contributed by atoms with van der Waals surface area (Å²) in [7, 11) is 3.39. The quantitative estimate of drug-likeness (QED) is 0.698. The predicted octanol–water partition coefficient (Wildman–Crippen LogP) is 2.70. The first-order valence-electron chi connectivity index (χ1n) is 8.64. The lowest BCUT2D eigenvalue weighted by Gasteiger charge is -2.15. The van der Waals surface area contributed by atoms with Crippen molar-refractivity contribution in [1.29, 1.82) is 0 Å². The Kier molecular flexibility index (Phi) is 7.31. The SMILES string of the molecule is CN(C)C(=O)CCc1ccccc1NC(=O)NC[C@H](O)c1ccccc1F. The number of halogens is 1. The molecule has 0 heterocycles. The number of hydrogen-bond acceptors (Lipinski definition) is 3. The van der Waals surface area contributed by atoms with E-state index in [1.165, 1.54) is 23.1 Å². The van der Waals surface area contributed by atoms with Gasteiger partial charge in [-0.3, -0.25) is 4.79 Å². The lowest BCUT2D eigenvalue weighted by atomic mass is 10.1. The van der Waals surface area contributed by atoms with Gasteiger partial charge in [0.15, 0.2) is 0 Å². The number of hydrogen-bond donors (Lipinski definition) is 3. The van der Waals surface area contributed by atoms with Crippen LogP contribution in [0.5, 0.6) is 0 Å². The Morgan fingerprint density at radius 3 is 2.48 bits per heavy atom. The first-order chi connectivity index (χ1) is 12.9. The number of amides is 3. The molecule has 1 atom stereocenters. The number of aliphatic hydroxyl groups is 1. The van der Waals surface area contributed by atoms with Crippen molar-refractivity contribution in [1.82, 2.24) is 10.2 Å². The average Bonchev–Trinajstić information content (AvgIpc) is 2.65. The van der Waals surface area contributed by atoms with Crippen LogP contribution in [0, 0.1) is 5.82 Å². The van der Waals surface area contributed by atoms with Crippen LogP contribution in [0.3, 0.4) is 0 Å². The maximum Gasteiger partial charge on any atom is 0.319 e. The van der Waals surface area contributed by atoms with Gasteiger partial charge in [-0.15, -0.1) is 0 Å². The fraction of sp³-hybridized carbons (Fsp3) is 0.300. The van der Waals surface area contributed by atoms with Crippen LogP contribution in [0.15, 0.2) is 48.5 Å². The Morgan fingerprint density at radius 1 is 1.11 bits per heavy atom. The van der Waals surface area contributed by atoms with Crippen molar-refractivity contribution in [2.24, 2.45) is 0 Å². The third kappa shape index (κ3) is 6.07. The molecule has 2 aromatic carbocycles. The zero-order chi connectivity index (χ0) is 19.8. The van der Waals surface area contributed by atoms with Crippen molar-refractivity contribution in [2.75, 3.05) is 26.0 Å². The van der Waals surface area contributed by atoms with Gasteiger partial charge in [-0.2, -0.15) is 0 Å². The van der Waals surface area contributed by atoms with Crippen LogP contribution in [-0.4, -0.2) is 42.6 Å². The van der Waals surface area contributed by atoms with Gasteiger partial charge in [0.1, 0.15) is 5.82 Å². The molecule has 27 heavy (non-hydrogen) atoms. The predicted molar refractivity (Wildman–Crippen MR) is 102 cm³/mol. The molecule has 7 heteroatoms. The third-order valence-corrected chi connectivity index (χ3v) is 4.09. The van der Waals surface area contributed by atoms with Crippen LogP contribution in [0.25, 0.3) is 0 Å². The highest BCUT2D eigenvalue weighted by Gasteiger charge is 2.14. The smallest absolute Gasteiger partial charge is 0.319 e. The van der Waals surface area contributed by atoms with Crippen LogP contribution in [0.1, 0.15) is 23.7 Å². The van der Waals surface area contributed by atoms with E-state index in [1.54, 1.807) is 32.3 Å². The Bertz CT molecular complexity index is 796. The molecular weight excluding hydrogens is 349 g/mol. The van der Waals surface area contributed by atoms with Gasteiger partial charge < -0.3 is 20.6 Å². The molecule has 3 N–H and O–H groups in total. The maximum absolute atomic E-state index is 13.7. The van der Waals surface area contributed by atoms with Crippen molar-refractivity contribution in [3.05, 3.63) is 65.5 Å². The largest absolute Gasteiger partial charge is 0.386 e. The van der Waals surface area contributed by atoms with Crippen LogP contribution in [-0.2, 0) is 11.2 Å². The lowest BCUT2D eigenvalue weighted by Crippen LogP contribution is -2.33. The van der Waals surface area contributed by atoms with Gasteiger partial charge >= 0.3 is 6.03 Å². The van der Waals surface area contributed by atoms with Gasteiger partial charge in [0, 0.05) is 38.3 Å². The van der Waals surface area contributed by atoms with Gasteiger partial charge in [0.2, 0.25) is 5.91 Å². The summed E-state index contributed by atoms with van der Waals surface area (Å²) in [6.07, 6.45) is -0.324. The second-order valence-corrected chi connectivity index (χ2v) is 6.32. The van der Waals surface area contributed by atoms with Crippen molar-refractivity contribution in [3.8, 4) is 0 Å². The van der Waals surface area contributed by atoms with Gasteiger partial charge in [-0.1, -0.05) is 36.4 Å². The monoisotopic (exact) mass is 373 g/mol. The molecule has 0 radical (unpaired) electrons. The van der Waals surface area contributed by atoms with Crippen LogP contribution < -0.4 is 10.6 Å². The second kappa shape index (κ2) is 9.68. The lowest BCUT2D eigenvalue weighted by molar-refractivity contribution is -0.128. The van der Waals surface area contributed by atoms with E-state index in [9.17, 15) is 19.1 Å². The molecule has 0 bridgehead atoms. The summed E-state index contributed by atoms with van der Waals surface area (Å²) in [5.74, 6) is -0.523. The van der Waals surface area contributed by atoms with Crippen LogP contribution in [0.2, 0.25) is 0 Å². The fourth-order valence-corrected chi connectivity index (χ4v) is 2.54. The average molecular weight is 373 g/mol. The van der Waals surface area contributed by atoms with Gasteiger partial charge in [0.05, 0.1) is 6.10 Å². The van der Waals surface area contributed by atoms with E-state index in [2.05, 4.69) is 10.6 Å². The standard InChI is InChI=1S/C20H24FN3O3/c1-24(2)19(26)12-11-14-7-3-6-10-17(14)23-20(27)22-13-18(25)15-8-4-5-9-16(15)21/h3-10,18,25H,11-13H2,1-2H3,(H2,22,23,27)/t18-/m0/s1. The summed E-state index contributed by atoms with van der Waals surface area (Å²) in [5.41, 5.74) is 1.54. The molecule has 0 aliphatic heterocycles. The highest BCUT2D eigenvalue weighted by Crippen LogP contribution is 2.18. The number of benzene rings is 2. The normalized spacial score (nSPS) is 11.6. The van der Waals surface area contributed by atoms with Gasteiger partial charge in [-0.25, -0.2) is 9.18 Å². The molecule has 0 aliphatic carbocycles. The van der Waals surface area contributed by atoms with E-state index in [4.69, 9.17) is 0 Å². The molecule has 0 unspecified atom stereocenters. The Hall–Kier alpha value is -2.93. The first kappa shape index (κ1) is 20.4. The number of carbonyl (C=O) groups excluding carboxylic acids is 2. The molecule has 0 saturated heterocycles. The fourth-order valence-electron chi connectivity index (χ4n) is 2.54. The topological polar surface area (TPSA) is 81.7 Å². The summed E-state index contributed by atoms with van der Waals surface area (Å²) in [6, 6.07) is 12.5. The number of nitrogens with zero attached hydrogens (tertiary/aromatic N) is 1. The zero-order valence-electron chi connectivity index (χ0n) is 15.4. The summed E-state index contributed by atoms with van der Waals surface area (Å²) < 4.78 is 13.7. The van der Waals surface area contributed by atoms with Crippen molar-refractivity contribution < 1.29 is 19.1 Å². The summed E-state index contributed by atoms with van der Waals surface area (Å²) in [4.78, 5) is 25.4. The minimum Gasteiger partial charge on any atom is -0.386 e. The maximum atomic E-state index is 13.7. The van der Waals surface area contributed by atoms with E-state index in [1.807, 2.05) is 12.1 Å². The summed E-state index contributed by atoms with van der Waals surface area (Å²) in [6.45, 7) is -0.131. The first-order valence-corrected chi connectivity index (χ1v) is 8.64. The number of nitrogens with one attached hydrogen (secondary N) is 2. The molecule has 0 aromatic heterocycles. The van der Waals surface area contributed by atoms with E-state index in [0.717, 1.165) is 5.56 Å². The Morgan fingerprint density at radius 2 is 1.78 bits per heavy atom. The number of carbonyl (C=O) groups is 2. The number of aliphatic hydroxyl groups excluding tert-OH is 1. The third-order valence-electron chi connectivity index (χ3n) is 4.09. The summed E-state index contributed by atoms with van der Waals surface area (Å²) >= 11 is 0. The highest BCUT2D eigenvalue weighted by molar-refractivity contribution is 5.90. The van der Waals surface area contributed by atoms with E-state index < -0.39 is 18.0 Å². The van der Waals surface area contributed by atoms with E-state index in [0.29, 0.717) is 18.5 Å². The number of rotatable bonds is 7. The van der Waals surface area contributed by atoms with Gasteiger partial charge in [-0.05, 0) is 24.1 Å².